The first kappa shape index (κ1) is 7.66. The van der Waals surface area contributed by atoms with Crippen molar-refractivity contribution in [3.63, 3.8) is 0 Å². The lowest BCUT2D eigenvalue weighted by molar-refractivity contribution is 0.424. The normalized spacial score (nSPS) is 8.82. The van der Waals surface area contributed by atoms with Crippen LogP contribution in [0.15, 0.2) is 12.4 Å². The first-order valence-corrected chi connectivity index (χ1v) is 2.83. The summed E-state index contributed by atoms with van der Waals surface area (Å²) in [6.07, 6.45) is 2.60. The molecule has 0 amide bonds. The lowest BCUT2D eigenvalue weighted by atomic mass is 9.84. The lowest BCUT2D eigenvalue weighted by Gasteiger charge is -1.96. The van der Waals surface area contributed by atoms with Crippen molar-refractivity contribution in [1.82, 2.24) is 9.97 Å². The van der Waals surface area contributed by atoms with Crippen molar-refractivity contribution in [2.75, 3.05) is 0 Å². The van der Waals surface area contributed by atoms with Crippen molar-refractivity contribution in [2.24, 2.45) is 0 Å². The van der Waals surface area contributed by atoms with Gasteiger partial charge >= 0.3 is 7.12 Å². The van der Waals surface area contributed by atoms with Gasteiger partial charge in [-0.1, -0.05) is 0 Å². The molecule has 0 unspecified atom stereocenters. The Morgan fingerprint density at radius 1 is 1.36 bits per heavy atom. The molecule has 5 nitrogen and oxygen atoms in total. The SMILES string of the molecule is N#Cc1nccnc1B(O)O. The molecule has 1 heterocycles. The van der Waals surface area contributed by atoms with E-state index in [0.717, 1.165) is 0 Å². The predicted molar refractivity (Wildman–Crippen MR) is 36.6 cm³/mol. The number of aromatic nitrogens is 2. The Labute approximate surface area is 63.1 Å². The number of hydrogen-bond donors (Lipinski definition) is 2. The van der Waals surface area contributed by atoms with E-state index in [9.17, 15) is 0 Å². The Balaban J connectivity index is 3.15. The van der Waals surface area contributed by atoms with E-state index in [0.29, 0.717) is 0 Å². The van der Waals surface area contributed by atoms with Crippen molar-refractivity contribution in [1.29, 1.82) is 5.26 Å². The van der Waals surface area contributed by atoms with Gasteiger partial charge in [0.25, 0.3) is 0 Å². The molecule has 6 heteroatoms. The van der Waals surface area contributed by atoms with Crippen LogP contribution in [0.1, 0.15) is 5.69 Å². The van der Waals surface area contributed by atoms with Crippen LogP contribution in [0, 0.1) is 11.3 Å². The van der Waals surface area contributed by atoms with Crippen LogP contribution in [-0.2, 0) is 0 Å². The average molecular weight is 149 g/mol. The van der Waals surface area contributed by atoms with Gasteiger partial charge < -0.3 is 10.0 Å². The molecule has 0 aliphatic heterocycles. The Morgan fingerprint density at radius 2 is 2.00 bits per heavy atom. The molecular weight excluding hydrogens is 145 g/mol. The molecule has 1 aromatic heterocycles. The first-order chi connectivity index (χ1) is 5.25. The van der Waals surface area contributed by atoms with Gasteiger partial charge in [0, 0.05) is 12.4 Å². The fourth-order valence-corrected chi connectivity index (χ4v) is 0.624. The molecule has 1 rings (SSSR count). The third-order valence-electron chi connectivity index (χ3n) is 1.08. The van der Waals surface area contributed by atoms with Gasteiger partial charge in [-0.3, -0.25) is 4.98 Å². The zero-order chi connectivity index (χ0) is 8.27. The van der Waals surface area contributed by atoms with Gasteiger partial charge in [0.1, 0.15) is 11.7 Å². The van der Waals surface area contributed by atoms with E-state index in [1.54, 1.807) is 6.07 Å². The number of rotatable bonds is 1. The van der Waals surface area contributed by atoms with Crippen LogP contribution in [-0.4, -0.2) is 27.1 Å². The minimum atomic E-state index is -1.74. The second-order valence-corrected chi connectivity index (χ2v) is 1.78. The molecule has 0 aliphatic carbocycles. The maximum Gasteiger partial charge on any atom is 0.511 e. The Kier molecular flexibility index (Phi) is 2.16. The molecular formula is C5H4BN3O2. The fourth-order valence-electron chi connectivity index (χ4n) is 0.624. The van der Waals surface area contributed by atoms with Gasteiger partial charge in [-0.15, -0.1) is 0 Å². The minimum Gasteiger partial charge on any atom is -0.422 e. The van der Waals surface area contributed by atoms with Gasteiger partial charge in [-0.25, -0.2) is 4.98 Å². The number of nitrogens with zero attached hydrogens (tertiary/aromatic N) is 3. The molecule has 11 heavy (non-hydrogen) atoms. The summed E-state index contributed by atoms with van der Waals surface area (Å²) in [4.78, 5) is 7.14. The Hall–Kier alpha value is -1.45. The van der Waals surface area contributed by atoms with E-state index >= 15 is 0 Å². The van der Waals surface area contributed by atoms with Crippen LogP contribution in [0.25, 0.3) is 0 Å². The highest BCUT2D eigenvalue weighted by atomic mass is 16.4. The van der Waals surface area contributed by atoms with Crippen LogP contribution in [0.5, 0.6) is 0 Å². The quantitative estimate of drug-likeness (QED) is 0.452. The van der Waals surface area contributed by atoms with E-state index in [4.69, 9.17) is 15.3 Å². The summed E-state index contributed by atoms with van der Waals surface area (Å²) < 4.78 is 0. The van der Waals surface area contributed by atoms with Gasteiger partial charge in [0.15, 0.2) is 5.69 Å². The van der Waals surface area contributed by atoms with E-state index in [1.807, 2.05) is 0 Å². The van der Waals surface area contributed by atoms with Crippen LogP contribution < -0.4 is 5.59 Å². The smallest absolute Gasteiger partial charge is 0.422 e. The largest absolute Gasteiger partial charge is 0.511 e. The van der Waals surface area contributed by atoms with Crippen molar-refractivity contribution >= 4 is 12.7 Å². The van der Waals surface area contributed by atoms with E-state index < -0.39 is 7.12 Å². The standard InChI is InChI=1S/C5H4BN3O2/c7-3-4-5(6(10)11)9-2-1-8-4/h1-2,10-11H. The van der Waals surface area contributed by atoms with Gasteiger partial charge in [-0.2, -0.15) is 5.26 Å². The third-order valence-corrected chi connectivity index (χ3v) is 1.08. The fraction of sp³-hybridized carbons (Fsp3) is 0. The molecule has 2 N–H and O–H groups in total. The molecule has 0 saturated carbocycles. The summed E-state index contributed by atoms with van der Waals surface area (Å²) in [5, 5.41) is 25.7. The van der Waals surface area contributed by atoms with E-state index in [1.165, 1.54) is 12.4 Å². The zero-order valence-electron chi connectivity index (χ0n) is 5.47. The van der Waals surface area contributed by atoms with Gasteiger partial charge in [-0.05, 0) is 0 Å². The Bertz CT molecular complexity index is 296. The van der Waals surface area contributed by atoms with Crippen LogP contribution >= 0.6 is 0 Å². The second kappa shape index (κ2) is 3.10. The molecule has 0 fully saturated rings. The van der Waals surface area contributed by atoms with Crippen molar-refractivity contribution in [2.45, 2.75) is 0 Å². The highest BCUT2D eigenvalue weighted by Crippen LogP contribution is 1.84. The topological polar surface area (TPSA) is 90.0 Å². The summed E-state index contributed by atoms with van der Waals surface area (Å²) in [6.45, 7) is 0. The van der Waals surface area contributed by atoms with Crippen LogP contribution in [0.2, 0.25) is 0 Å². The predicted octanol–water partition coefficient (Wildman–Crippen LogP) is -1.97. The molecule has 0 saturated heterocycles. The molecule has 1 aromatic rings. The molecule has 0 aromatic carbocycles. The zero-order valence-corrected chi connectivity index (χ0v) is 5.47. The summed E-state index contributed by atoms with van der Waals surface area (Å²) in [5.41, 5.74) is -0.183. The second-order valence-electron chi connectivity index (χ2n) is 1.78. The monoisotopic (exact) mass is 149 g/mol. The van der Waals surface area contributed by atoms with Crippen molar-refractivity contribution in [3.05, 3.63) is 18.1 Å². The highest BCUT2D eigenvalue weighted by Gasteiger charge is 2.17. The lowest BCUT2D eigenvalue weighted by Crippen LogP contribution is -2.35. The number of nitriles is 1. The third kappa shape index (κ3) is 1.52. The van der Waals surface area contributed by atoms with Gasteiger partial charge in [0.05, 0.1) is 0 Å². The Morgan fingerprint density at radius 3 is 2.45 bits per heavy atom. The first-order valence-electron chi connectivity index (χ1n) is 2.83. The van der Waals surface area contributed by atoms with E-state index in [-0.39, 0.29) is 11.3 Å². The van der Waals surface area contributed by atoms with Crippen molar-refractivity contribution in [3.8, 4) is 6.07 Å². The molecule has 0 bridgehead atoms. The van der Waals surface area contributed by atoms with Crippen LogP contribution in [0.4, 0.5) is 0 Å². The van der Waals surface area contributed by atoms with Gasteiger partial charge in [0.2, 0.25) is 0 Å². The molecule has 54 valence electrons. The maximum atomic E-state index is 8.64. The molecule has 0 radical (unpaired) electrons. The average Bonchev–Trinajstić information content (AvgIpc) is 2.04. The minimum absolute atomic E-state index is 0.0671. The maximum absolute atomic E-state index is 8.64. The molecule has 0 atom stereocenters. The van der Waals surface area contributed by atoms with E-state index in [2.05, 4.69) is 9.97 Å². The summed E-state index contributed by atoms with van der Waals surface area (Å²) in [5.74, 6) is 0. The number of hydrogen-bond acceptors (Lipinski definition) is 5. The summed E-state index contributed by atoms with van der Waals surface area (Å²) in [6, 6.07) is 1.68. The summed E-state index contributed by atoms with van der Waals surface area (Å²) >= 11 is 0. The van der Waals surface area contributed by atoms with Crippen LogP contribution in [0.3, 0.4) is 0 Å². The molecule has 0 spiro atoms. The molecule has 0 aliphatic rings. The highest BCUT2D eigenvalue weighted by molar-refractivity contribution is 6.58. The summed E-state index contributed by atoms with van der Waals surface area (Å²) in [7, 11) is -1.74. The van der Waals surface area contributed by atoms with Crippen molar-refractivity contribution < 1.29 is 10.0 Å².